The van der Waals surface area contributed by atoms with Gasteiger partial charge in [-0.05, 0) is 36.6 Å². The molecule has 0 bridgehead atoms. The molecule has 1 aromatic heterocycles. The Hall–Kier alpha value is -2.66. The molecule has 1 fully saturated rings. The smallest absolute Gasteiger partial charge is 0.326 e. The number of rotatable bonds is 5. The summed E-state index contributed by atoms with van der Waals surface area (Å²) in [6.45, 7) is 6.99. The predicted molar refractivity (Wildman–Crippen MR) is 108 cm³/mol. The van der Waals surface area contributed by atoms with Crippen molar-refractivity contribution in [3.63, 3.8) is 0 Å². The van der Waals surface area contributed by atoms with Gasteiger partial charge in [-0.15, -0.1) is 0 Å². The van der Waals surface area contributed by atoms with Crippen LogP contribution in [0.4, 0.5) is 10.1 Å². The number of fused-ring (bicyclic) bond motifs is 1. The average Bonchev–Trinajstić information content (AvgIpc) is 3.18. The molecule has 162 valence electrons. The molecule has 0 radical (unpaired) electrons. The Morgan fingerprint density at radius 2 is 2.03 bits per heavy atom. The Balaban J connectivity index is 1.66. The van der Waals surface area contributed by atoms with Crippen molar-refractivity contribution in [1.82, 2.24) is 19.4 Å². The minimum absolute atomic E-state index is 0.400. The van der Waals surface area contributed by atoms with Gasteiger partial charge in [-0.2, -0.15) is 13.5 Å². The molecule has 2 N–H and O–H groups in total. The number of phenols is 1. The SMILES string of the molecule is CC(C)CCN1CCn2ncc(-c3cc(O)c(N4CC(=O)NS4(=O)=O)c(F)c3)c2C1. The highest BCUT2D eigenvalue weighted by atomic mass is 32.2. The van der Waals surface area contributed by atoms with E-state index in [2.05, 4.69) is 23.8 Å². The van der Waals surface area contributed by atoms with Crippen LogP contribution in [0.15, 0.2) is 18.3 Å². The Labute approximate surface area is 174 Å². The van der Waals surface area contributed by atoms with Crippen molar-refractivity contribution >= 4 is 21.8 Å². The molecule has 0 aliphatic carbocycles. The number of hydrogen-bond donors (Lipinski definition) is 2. The maximum Gasteiger partial charge on any atom is 0.326 e. The van der Waals surface area contributed by atoms with Gasteiger partial charge in [0.15, 0.2) is 5.82 Å². The third-order valence-electron chi connectivity index (χ3n) is 5.40. The molecule has 1 saturated heterocycles. The van der Waals surface area contributed by atoms with E-state index in [1.165, 1.54) is 6.07 Å². The molecule has 2 aliphatic heterocycles. The Morgan fingerprint density at radius 1 is 1.27 bits per heavy atom. The number of carbonyl (C=O) groups excluding carboxylic acids is 1. The summed E-state index contributed by atoms with van der Waals surface area (Å²) in [7, 11) is -4.23. The molecule has 2 aliphatic rings. The first kappa shape index (κ1) is 20.6. The summed E-state index contributed by atoms with van der Waals surface area (Å²) >= 11 is 0. The molecular formula is C19H24FN5O4S. The van der Waals surface area contributed by atoms with Crippen LogP contribution < -0.4 is 9.03 Å². The zero-order valence-corrected chi connectivity index (χ0v) is 17.6. The number of anilines is 1. The molecule has 0 spiro atoms. The van der Waals surface area contributed by atoms with Crippen molar-refractivity contribution < 1.29 is 22.7 Å². The quantitative estimate of drug-likeness (QED) is 0.733. The van der Waals surface area contributed by atoms with Gasteiger partial charge < -0.3 is 5.11 Å². The van der Waals surface area contributed by atoms with Crippen molar-refractivity contribution in [3.05, 3.63) is 29.8 Å². The molecule has 0 unspecified atom stereocenters. The molecule has 30 heavy (non-hydrogen) atoms. The number of halogens is 1. The second kappa shape index (κ2) is 7.55. The molecule has 3 heterocycles. The van der Waals surface area contributed by atoms with Crippen molar-refractivity contribution in [2.45, 2.75) is 33.4 Å². The van der Waals surface area contributed by atoms with E-state index in [0.29, 0.717) is 27.9 Å². The molecule has 4 rings (SSSR count). The normalized spacial score (nSPS) is 18.7. The molecule has 1 aromatic carbocycles. The lowest BCUT2D eigenvalue weighted by molar-refractivity contribution is -0.117. The minimum Gasteiger partial charge on any atom is -0.506 e. The lowest BCUT2D eigenvalue weighted by Gasteiger charge is -2.29. The minimum atomic E-state index is -4.23. The van der Waals surface area contributed by atoms with Crippen LogP contribution in [0.3, 0.4) is 0 Å². The van der Waals surface area contributed by atoms with E-state index in [4.69, 9.17) is 0 Å². The van der Waals surface area contributed by atoms with Crippen LogP contribution in [0.2, 0.25) is 0 Å². The highest BCUT2D eigenvalue weighted by molar-refractivity contribution is 7.92. The lowest BCUT2D eigenvalue weighted by atomic mass is 10.0. The number of hydrogen-bond acceptors (Lipinski definition) is 6. The zero-order chi connectivity index (χ0) is 21.6. The van der Waals surface area contributed by atoms with Crippen molar-refractivity contribution in [3.8, 4) is 16.9 Å². The van der Waals surface area contributed by atoms with E-state index < -0.39 is 39.9 Å². The van der Waals surface area contributed by atoms with Gasteiger partial charge in [0.05, 0.1) is 18.4 Å². The number of benzene rings is 1. The standard InChI is InChI=1S/C19H24FN5O4S/c1-12(2)3-4-23-5-6-24-16(10-23)14(9-21-24)13-7-15(20)19(17(26)8-13)25-11-18(27)22-30(25,28)29/h7-9,12,26H,3-6,10-11H2,1-2H3,(H,22,27). The molecule has 11 heteroatoms. The monoisotopic (exact) mass is 437 g/mol. The highest BCUT2D eigenvalue weighted by Crippen LogP contribution is 2.38. The van der Waals surface area contributed by atoms with E-state index in [1.54, 1.807) is 10.9 Å². The molecule has 2 aromatic rings. The number of nitrogens with zero attached hydrogens (tertiary/aromatic N) is 4. The Kier molecular flexibility index (Phi) is 5.18. The van der Waals surface area contributed by atoms with Gasteiger partial charge in [0.25, 0.3) is 5.91 Å². The van der Waals surface area contributed by atoms with Gasteiger partial charge >= 0.3 is 10.2 Å². The van der Waals surface area contributed by atoms with E-state index >= 15 is 0 Å². The fraction of sp³-hybridized carbons (Fsp3) is 0.474. The van der Waals surface area contributed by atoms with E-state index in [-0.39, 0.29) is 0 Å². The zero-order valence-electron chi connectivity index (χ0n) is 16.8. The first-order chi connectivity index (χ1) is 14.2. The van der Waals surface area contributed by atoms with Gasteiger partial charge in [-0.1, -0.05) is 13.8 Å². The number of phenolic OH excluding ortho intramolecular Hbond substituents is 1. The van der Waals surface area contributed by atoms with Crippen LogP contribution in [0.25, 0.3) is 11.1 Å². The lowest BCUT2D eigenvalue weighted by Crippen LogP contribution is -2.35. The molecule has 0 atom stereocenters. The fourth-order valence-electron chi connectivity index (χ4n) is 3.80. The number of aromatic nitrogens is 2. The van der Waals surface area contributed by atoms with Gasteiger partial charge in [0.1, 0.15) is 18.0 Å². The third kappa shape index (κ3) is 3.74. The summed E-state index contributed by atoms with van der Waals surface area (Å²) in [6, 6.07) is 2.47. The summed E-state index contributed by atoms with van der Waals surface area (Å²) in [6.07, 6.45) is 2.71. The molecular weight excluding hydrogens is 413 g/mol. The average molecular weight is 437 g/mol. The van der Waals surface area contributed by atoms with Crippen LogP contribution in [-0.2, 0) is 28.1 Å². The Morgan fingerprint density at radius 3 is 2.67 bits per heavy atom. The van der Waals surface area contributed by atoms with Crippen LogP contribution in [0.1, 0.15) is 26.0 Å². The van der Waals surface area contributed by atoms with Crippen molar-refractivity contribution in [2.24, 2.45) is 5.92 Å². The first-order valence-electron chi connectivity index (χ1n) is 9.79. The van der Waals surface area contributed by atoms with Crippen LogP contribution in [0, 0.1) is 11.7 Å². The summed E-state index contributed by atoms with van der Waals surface area (Å²) in [5, 5.41) is 14.8. The van der Waals surface area contributed by atoms with E-state index in [0.717, 1.165) is 37.8 Å². The second-order valence-corrected chi connectivity index (χ2v) is 9.64. The number of carbonyl (C=O) groups is 1. The molecule has 1 amide bonds. The summed E-state index contributed by atoms with van der Waals surface area (Å²) < 4.78 is 43.1. The molecule has 9 nitrogen and oxygen atoms in total. The highest BCUT2D eigenvalue weighted by Gasteiger charge is 2.37. The van der Waals surface area contributed by atoms with E-state index in [9.17, 15) is 22.7 Å². The second-order valence-electron chi connectivity index (χ2n) is 8.05. The summed E-state index contributed by atoms with van der Waals surface area (Å²) in [5.41, 5.74) is 1.46. The number of aromatic hydroxyl groups is 1. The Bertz CT molecular complexity index is 1080. The van der Waals surface area contributed by atoms with Crippen molar-refractivity contribution in [1.29, 1.82) is 0 Å². The molecule has 0 saturated carbocycles. The number of nitrogens with one attached hydrogen (secondary N) is 1. The predicted octanol–water partition coefficient (Wildman–Crippen LogP) is 1.44. The first-order valence-corrected chi connectivity index (χ1v) is 11.2. The number of amides is 1. The van der Waals surface area contributed by atoms with Gasteiger partial charge in [-0.3, -0.25) is 14.4 Å². The van der Waals surface area contributed by atoms with Gasteiger partial charge in [0.2, 0.25) is 0 Å². The van der Waals surface area contributed by atoms with Crippen LogP contribution >= 0.6 is 0 Å². The van der Waals surface area contributed by atoms with Gasteiger partial charge in [-0.25, -0.2) is 13.4 Å². The fourth-order valence-corrected chi connectivity index (χ4v) is 4.97. The van der Waals surface area contributed by atoms with Crippen LogP contribution in [-0.4, -0.2) is 53.7 Å². The maximum atomic E-state index is 14.9. The van der Waals surface area contributed by atoms with Crippen molar-refractivity contribution in [2.75, 3.05) is 23.9 Å². The van der Waals surface area contributed by atoms with Gasteiger partial charge in [0, 0.05) is 18.7 Å². The largest absolute Gasteiger partial charge is 0.506 e. The van der Waals surface area contributed by atoms with Crippen LogP contribution in [0.5, 0.6) is 5.75 Å². The third-order valence-corrected chi connectivity index (χ3v) is 6.77. The summed E-state index contributed by atoms with van der Waals surface area (Å²) in [4.78, 5) is 13.8. The van der Waals surface area contributed by atoms with E-state index in [1.807, 2.05) is 4.68 Å². The maximum absolute atomic E-state index is 14.9. The topological polar surface area (TPSA) is 108 Å². The summed E-state index contributed by atoms with van der Waals surface area (Å²) in [5.74, 6) is -1.68.